The van der Waals surface area contributed by atoms with Crippen LogP contribution in [0, 0.1) is 33.3 Å². The van der Waals surface area contributed by atoms with Gasteiger partial charge in [0.25, 0.3) is 5.69 Å². The molecule has 4 saturated carbocycles. The second-order valence-electron chi connectivity index (χ2n) is 8.24. The van der Waals surface area contributed by atoms with E-state index in [1.807, 2.05) is 0 Å². The lowest BCUT2D eigenvalue weighted by Gasteiger charge is -2.56. The van der Waals surface area contributed by atoms with Gasteiger partial charge < -0.3 is 0 Å². The molecule has 1 aromatic rings. The largest absolute Gasteiger partial charge is 0.273 e. The molecule has 0 saturated heterocycles. The second kappa shape index (κ2) is 6.24. The van der Waals surface area contributed by atoms with Crippen molar-refractivity contribution in [2.45, 2.75) is 44.9 Å². The van der Waals surface area contributed by atoms with Crippen molar-refractivity contribution in [2.24, 2.45) is 28.3 Å². The molecular weight excluding hydrogens is 318 g/mol. The number of hydrogen-bond donors (Lipinski definition) is 1. The van der Waals surface area contributed by atoms with Gasteiger partial charge in [-0.2, -0.15) is 5.10 Å². The molecule has 1 amide bonds. The van der Waals surface area contributed by atoms with Gasteiger partial charge in [0.2, 0.25) is 5.91 Å². The average Bonchev–Trinajstić information content (AvgIpc) is 2.53. The number of carbonyl (C=O) groups is 1. The van der Waals surface area contributed by atoms with Gasteiger partial charge in [-0.15, -0.1) is 0 Å². The van der Waals surface area contributed by atoms with Crippen LogP contribution < -0.4 is 5.43 Å². The van der Waals surface area contributed by atoms with Gasteiger partial charge >= 0.3 is 0 Å². The smallest absolute Gasteiger partial charge is 0.270 e. The third kappa shape index (κ3) is 3.43. The minimum absolute atomic E-state index is 0.0174. The topological polar surface area (TPSA) is 84.6 Å². The van der Waals surface area contributed by atoms with Crippen LogP contribution in [0.3, 0.4) is 0 Å². The molecule has 132 valence electrons. The van der Waals surface area contributed by atoms with E-state index in [0.29, 0.717) is 12.0 Å². The van der Waals surface area contributed by atoms with Crippen LogP contribution in [0.25, 0.3) is 0 Å². The van der Waals surface area contributed by atoms with Crippen LogP contribution >= 0.6 is 0 Å². The number of nitrogens with zero attached hydrogens (tertiary/aromatic N) is 2. The first-order chi connectivity index (χ1) is 12.0. The molecule has 1 aromatic carbocycles. The first-order valence-corrected chi connectivity index (χ1v) is 9.08. The Labute approximate surface area is 146 Å². The van der Waals surface area contributed by atoms with Crippen molar-refractivity contribution in [3.8, 4) is 0 Å². The van der Waals surface area contributed by atoms with Gasteiger partial charge in [-0.25, -0.2) is 5.43 Å². The summed E-state index contributed by atoms with van der Waals surface area (Å²) in [7, 11) is 0. The maximum atomic E-state index is 12.4. The number of rotatable bonds is 5. The predicted molar refractivity (Wildman–Crippen MR) is 94.1 cm³/mol. The summed E-state index contributed by atoms with van der Waals surface area (Å²) in [5.74, 6) is 2.44. The Morgan fingerprint density at radius 3 is 2.48 bits per heavy atom. The van der Waals surface area contributed by atoms with E-state index in [2.05, 4.69) is 10.5 Å². The van der Waals surface area contributed by atoms with Crippen LogP contribution in [0.1, 0.15) is 50.5 Å². The van der Waals surface area contributed by atoms with Crippen molar-refractivity contribution in [2.75, 3.05) is 0 Å². The van der Waals surface area contributed by atoms with E-state index in [9.17, 15) is 14.9 Å². The van der Waals surface area contributed by atoms with Crippen LogP contribution in [0.15, 0.2) is 29.4 Å². The molecule has 0 unspecified atom stereocenters. The van der Waals surface area contributed by atoms with Gasteiger partial charge in [-0.1, -0.05) is 12.1 Å². The number of hydrazone groups is 1. The minimum Gasteiger partial charge on any atom is -0.273 e. The van der Waals surface area contributed by atoms with Crippen LogP contribution in [0.4, 0.5) is 5.69 Å². The Hall–Kier alpha value is -2.24. The van der Waals surface area contributed by atoms with E-state index < -0.39 is 4.92 Å². The highest BCUT2D eigenvalue weighted by molar-refractivity contribution is 5.83. The van der Waals surface area contributed by atoms with E-state index in [4.69, 9.17) is 0 Å². The molecule has 5 rings (SSSR count). The normalized spacial score (nSPS) is 32.9. The highest BCUT2D eigenvalue weighted by atomic mass is 16.6. The predicted octanol–water partition coefficient (Wildman–Crippen LogP) is 3.65. The average molecular weight is 341 g/mol. The van der Waals surface area contributed by atoms with E-state index >= 15 is 0 Å². The van der Waals surface area contributed by atoms with Crippen molar-refractivity contribution in [3.63, 3.8) is 0 Å². The molecule has 0 heterocycles. The van der Waals surface area contributed by atoms with Crippen molar-refractivity contribution in [3.05, 3.63) is 39.9 Å². The summed E-state index contributed by atoms with van der Waals surface area (Å²) in [6.45, 7) is 0. The molecule has 1 N–H and O–H groups in total. The number of benzene rings is 1. The minimum atomic E-state index is -0.442. The van der Waals surface area contributed by atoms with Crippen molar-refractivity contribution >= 4 is 17.8 Å². The summed E-state index contributed by atoms with van der Waals surface area (Å²) in [5, 5.41) is 14.8. The third-order valence-electron chi connectivity index (χ3n) is 6.18. The summed E-state index contributed by atoms with van der Waals surface area (Å²) >= 11 is 0. The number of amides is 1. The van der Waals surface area contributed by atoms with Crippen LogP contribution in [-0.4, -0.2) is 17.0 Å². The summed E-state index contributed by atoms with van der Waals surface area (Å²) in [5.41, 5.74) is 3.43. The highest BCUT2D eigenvalue weighted by Gasteiger charge is 2.51. The lowest BCUT2D eigenvalue weighted by Crippen LogP contribution is -2.47. The third-order valence-corrected chi connectivity index (χ3v) is 6.18. The maximum Gasteiger partial charge on any atom is 0.270 e. The van der Waals surface area contributed by atoms with Gasteiger partial charge in [-0.3, -0.25) is 14.9 Å². The van der Waals surface area contributed by atoms with E-state index in [-0.39, 0.29) is 17.0 Å². The van der Waals surface area contributed by atoms with Crippen molar-refractivity contribution in [1.29, 1.82) is 0 Å². The van der Waals surface area contributed by atoms with E-state index in [0.717, 1.165) is 17.8 Å². The van der Waals surface area contributed by atoms with Crippen molar-refractivity contribution in [1.82, 2.24) is 5.43 Å². The zero-order valence-electron chi connectivity index (χ0n) is 14.2. The van der Waals surface area contributed by atoms with E-state index in [1.165, 1.54) is 56.9 Å². The SMILES string of the molecule is O=C(CC12CC3CC(CC(C3)C1)C2)N/N=C\c1cccc([N+](=O)[O-])c1. The number of carbonyl (C=O) groups excluding carboxylic acids is 1. The van der Waals surface area contributed by atoms with E-state index in [1.54, 1.807) is 12.1 Å². The van der Waals surface area contributed by atoms with Gasteiger partial charge in [0.1, 0.15) is 0 Å². The number of non-ortho nitro benzene ring substituents is 1. The Morgan fingerprint density at radius 2 is 1.88 bits per heavy atom. The summed E-state index contributed by atoms with van der Waals surface area (Å²) in [6, 6.07) is 6.20. The molecule has 4 aliphatic rings. The molecule has 6 heteroatoms. The molecule has 0 radical (unpaired) electrons. The number of nitrogens with one attached hydrogen (secondary N) is 1. The molecule has 0 atom stereocenters. The Balaban J connectivity index is 1.35. The second-order valence-corrected chi connectivity index (χ2v) is 8.24. The highest BCUT2D eigenvalue weighted by Crippen LogP contribution is 2.61. The Kier molecular flexibility index (Phi) is 4.06. The fraction of sp³-hybridized carbons (Fsp3) is 0.579. The molecule has 4 fully saturated rings. The molecule has 4 aliphatic carbocycles. The molecule has 25 heavy (non-hydrogen) atoms. The zero-order chi connectivity index (χ0) is 17.4. The maximum absolute atomic E-state index is 12.4. The fourth-order valence-corrected chi connectivity index (χ4v) is 5.78. The lowest BCUT2D eigenvalue weighted by atomic mass is 9.49. The molecule has 0 spiro atoms. The Bertz CT molecular complexity index is 693. The first-order valence-electron chi connectivity index (χ1n) is 9.08. The number of nitro groups is 1. The quantitative estimate of drug-likeness (QED) is 0.504. The Morgan fingerprint density at radius 1 is 1.24 bits per heavy atom. The number of hydrogen-bond acceptors (Lipinski definition) is 4. The van der Waals surface area contributed by atoms with Gasteiger partial charge in [0.15, 0.2) is 0 Å². The standard InChI is InChI=1S/C19H23N3O3/c23-18(21-20-12-13-2-1-3-17(7-13)22(24)25)11-19-8-14-4-15(9-19)6-16(5-14)10-19/h1-3,7,12,14-16H,4-6,8-11H2,(H,21,23)/b20-12-. The van der Waals surface area contributed by atoms with Gasteiger partial charge in [0, 0.05) is 24.1 Å². The van der Waals surface area contributed by atoms with Crippen LogP contribution in [0.2, 0.25) is 0 Å². The summed E-state index contributed by atoms with van der Waals surface area (Å²) < 4.78 is 0. The molecule has 0 aromatic heterocycles. The van der Waals surface area contributed by atoms with Gasteiger partial charge in [0.05, 0.1) is 11.1 Å². The summed E-state index contributed by atoms with van der Waals surface area (Å²) in [6.07, 6.45) is 9.71. The molecular formula is C19H23N3O3. The van der Waals surface area contributed by atoms with Gasteiger partial charge in [-0.05, 0) is 61.7 Å². The molecule has 4 bridgehead atoms. The monoisotopic (exact) mass is 341 g/mol. The number of nitro benzene ring substituents is 1. The summed E-state index contributed by atoms with van der Waals surface area (Å²) in [4.78, 5) is 22.7. The van der Waals surface area contributed by atoms with Crippen LogP contribution in [0.5, 0.6) is 0 Å². The van der Waals surface area contributed by atoms with Crippen molar-refractivity contribution < 1.29 is 9.72 Å². The first kappa shape index (κ1) is 16.2. The van der Waals surface area contributed by atoms with Crippen LogP contribution in [-0.2, 0) is 4.79 Å². The molecule has 0 aliphatic heterocycles. The zero-order valence-corrected chi connectivity index (χ0v) is 14.2. The fourth-order valence-electron chi connectivity index (χ4n) is 5.78. The molecule has 6 nitrogen and oxygen atoms in total. The lowest BCUT2D eigenvalue weighted by molar-refractivity contribution is -0.384.